The number of benzene rings is 8. The summed E-state index contributed by atoms with van der Waals surface area (Å²) in [5.41, 5.74) is 3.29. The molecule has 57 heavy (non-hydrogen) atoms. The zero-order valence-electron chi connectivity index (χ0n) is 30.6. The highest BCUT2D eigenvalue weighted by molar-refractivity contribution is 7.85. The minimum atomic E-state index is -3.39. The maximum Gasteiger partial charge on any atom is 0.171 e. The molecule has 0 saturated heterocycles. The van der Waals surface area contributed by atoms with Gasteiger partial charge in [-0.2, -0.15) is 0 Å². The highest BCUT2D eigenvalue weighted by Crippen LogP contribution is 2.46. The van der Waals surface area contributed by atoms with E-state index in [9.17, 15) is 0 Å². The molecule has 5 nitrogen and oxygen atoms in total. The van der Waals surface area contributed by atoms with Crippen LogP contribution in [0.15, 0.2) is 200 Å². The molecule has 3 aromatic heterocycles. The van der Waals surface area contributed by atoms with E-state index in [4.69, 9.17) is 4.98 Å². The molecule has 0 amide bonds. The van der Waals surface area contributed by atoms with Crippen LogP contribution in [0.25, 0.3) is 59.9 Å². The molecule has 0 N–H and O–H groups in total. The fourth-order valence-electron chi connectivity index (χ4n) is 8.64. The molecule has 11 rings (SSSR count). The molecule has 1 unspecified atom stereocenters. The predicted octanol–water partition coefficient (Wildman–Crippen LogP) is 9.77. The number of fused-ring (bicyclic) bond motifs is 11. The Hall–Kier alpha value is -6.64. The third-order valence-electron chi connectivity index (χ3n) is 11.4. The highest BCUT2D eigenvalue weighted by atomic mass is 31.2. The van der Waals surface area contributed by atoms with Crippen molar-refractivity contribution in [2.24, 2.45) is 0 Å². The van der Waals surface area contributed by atoms with Gasteiger partial charge in [-0.15, -0.1) is 0 Å². The molecular formula is C50H33N3O2P2. The summed E-state index contributed by atoms with van der Waals surface area (Å²) >= 11 is 0. The van der Waals surface area contributed by atoms with Crippen molar-refractivity contribution >= 4 is 106 Å². The van der Waals surface area contributed by atoms with Gasteiger partial charge in [0.25, 0.3) is 0 Å². The average molecular weight is 770 g/mol. The molecule has 270 valence electrons. The minimum Gasteiger partial charge on any atom is -0.309 e. The van der Waals surface area contributed by atoms with Crippen LogP contribution < -0.4 is 31.8 Å². The van der Waals surface area contributed by atoms with Crippen molar-refractivity contribution in [3.63, 3.8) is 0 Å². The van der Waals surface area contributed by atoms with E-state index in [-0.39, 0.29) is 0 Å². The molecule has 1 atom stereocenters. The molecule has 0 spiro atoms. The molecular weight excluding hydrogens is 737 g/mol. The van der Waals surface area contributed by atoms with Gasteiger partial charge in [-0.1, -0.05) is 146 Å². The average Bonchev–Trinajstić information content (AvgIpc) is 3.68. The molecule has 0 aliphatic heterocycles. The standard InChI is InChI=1S/C50H33N3O2P2/c54-56(37-14-3-1-4-15-37,38-16-5-2-6-17-38)42-22-25-44-45-24-20-35-12-9-10-18-43(35)49(45)50-52-46-32-41(23-26-47(46)53(50)48(44)33-42)57(55,39-27-29-51-30-28-39)40-21-19-34-11-7-8-13-36(34)31-40/h1-33H. The van der Waals surface area contributed by atoms with Crippen LogP contribution in [-0.2, 0) is 9.13 Å². The zero-order valence-corrected chi connectivity index (χ0v) is 32.4. The van der Waals surface area contributed by atoms with Gasteiger partial charge in [-0.25, -0.2) is 4.98 Å². The van der Waals surface area contributed by atoms with Crippen LogP contribution in [0, 0.1) is 0 Å². The Labute approximate surface area is 328 Å². The van der Waals surface area contributed by atoms with Gasteiger partial charge >= 0.3 is 0 Å². The summed E-state index contributed by atoms with van der Waals surface area (Å²) in [6.45, 7) is 0. The first kappa shape index (κ1) is 33.7. The summed E-state index contributed by atoms with van der Waals surface area (Å²) in [4.78, 5) is 9.69. The number of aromatic nitrogens is 3. The first-order valence-electron chi connectivity index (χ1n) is 18.9. The van der Waals surface area contributed by atoms with Gasteiger partial charge in [0.05, 0.1) is 16.6 Å². The highest BCUT2D eigenvalue weighted by Gasteiger charge is 2.32. The largest absolute Gasteiger partial charge is 0.309 e. The van der Waals surface area contributed by atoms with Crippen molar-refractivity contribution in [2.75, 3.05) is 0 Å². The van der Waals surface area contributed by atoms with E-state index in [1.165, 1.54) is 0 Å². The molecule has 7 heteroatoms. The molecule has 8 aromatic carbocycles. The van der Waals surface area contributed by atoms with Crippen LogP contribution in [0.2, 0.25) is 0 Å². The van der Waals surface area contributed by atoms with Crippen LogP contribution in [0.3, 0.4) is 0 Å². The maximum absolute atomic E-state index is 15.9. The molecule has 0 aliphatic carbocycles. The molecule has 0 saturated carbocycles. The fourth-order valence-corrected chi connectivity index (χ4v) is 13.9. The summed E-state index contributed by atoms with van der Waals surface area (Å²) in [7, 11) is -6.68. The Morgan fingerprint density at radius 3 is 1.68 bits per heavy atom. The first-order chi connectivity index (χ1) is 28.0. The normalized spacial score (nSPS) is 13.2. The lowest BCUT2D eigenvalue weighted by atomic mass is 9.99. The monoisotopic (exact) mass is 769 g/mol. The van der Waals surface area contributed by atoms with Crippen LogP contribution in [0.4, 0.5) is 0 Å². The minimum absolute atomic E-state index is 0.691. The molecule has 3 heterocycles. The number of imidazole rings is 1. The Bertz CT molecular complexity index is 3430. The van der Waals surface area contributed by atoms with Crippen LogP contribution in [0.5, 0.6) is 0 Å². The Kier molecular flexibility index (Phi) is 7.66. The van der Waals surface area contributed by atoms with E-state index in [1.54, 1.807) is 12.4 Å². The van der Waals surface area contributed by atoms with E-state index in [1.807, 2.05) is 115 Å². The van der Waals surface area contributed by atoms with Gasteiger partial charge < -0.3 is 9.13 Å². The van der Waals surface area contributed by atoms with Crippen molar-refractivity contribution in [1.29, 1.82) is 0 Å². The topological polar surface area (TPSA) is 64.3 Å². The van der Waals surface area contributed by atoms with Gasteiger partial charge in [-0.05, 0) is 69.4 Å². The van der Waals surface area contributed by atoms with E-state index in [2.05, 4.69) is 82.2 Å². The summed E-state index contributed by atoms with van der Waals surface area (Å²) in [5.74, 6) is 0. The van der Waals surface area contributed by atoms with E-state index in [0.29, 0.717) is 10.6 Å². The SMILES string of the molecule is O=P(c1ccncc1)(c1ccc2ccccc2c1)c1ccc2c(c1)nc1c3c4ccccc4ccc3c3ccc(P(=O)(c4ccccc4)c4ccccc4)cc3n21. The molecule has 0 fully saturated rings. The number of pyridine rings is 2. The van der Waals surface area contributed by atoms with Crippen LogP contribution >= 0.6 is 14.3 Å². The van der Waals surface area contributed by atoms with Gasteiger partial charge in [0.2, 0.25) is 0 Å². The predicted molar refractivity (Wildman–Crippen MR) is 239 cm³/mol. The summed E-state index contributed by atoms with van der Waals surface area (Å²) in [5, 5.41) is 11.9. The second-order valence-corrected chi connectivity index (χ2v) is 20.0. The van der Waals surface area contributed by atoms with Crippen LogP contribution in [-0.4, -0.2) is 14.4 Å². The Morgan fingerprint density at radius 1 is 0.386 bits per heavy atom. The van der Waals surface area contributed by atoms with Crippen molar-refractivity contribution in [2.45, 2.75) is 0 Å². The van der Waals surface area contributed by atoms with Crippen molar-refractivity contribution in [3.8, 4) is 0 Å². The molecule has 0 aliphatic rings. The van der Waals surface area contributed by atoms with Crippen molar-refractivity contribution in [3.05, 3.63) is 200 Å². The van der Waals surface area contributed by atoms with E-state index < -0.39 is 14.3 Å². The van der Waals surface area contributed by atoms with Gasteiger partial charge in [0, 0.05) is 55.0 Å². The third-order valence-corrected chi connectivity index (χ3v) is 17.5. The molecule has 0 radical (unpaired) electrons. The molecule has 11 aromatic rings. The maximum atomic E-state index is 15.9. The zero-order chi connectivity index (χ0) is 38.1. The second kappa shape index (κ2) is 13.0. The molecule has 0 bridgehead atoms. The van der Waals surface area contributed by atoms with Crippen molar-refractivity contribution < 1.29 is 9.13 Å². The fraction of sp³-hybridized carbons (Fsp3) is 0. The first-order valence-corrected chi connectivity index (χ1v) is 22.3. The summed E-state index contributed by atoms with van der Waals surface area (Å²) in [6, 6.07) is 62.6. The lowest BCUT2D eigenvalue weighted by Crippen LogP contribution is -2.25. The number of hydrogen-bond donors (Lipinski definition) is 0. The summed E-state index contributed by atoms with van der Waals surface area (Å²) in [6.07, 6.45) is 3.41. The smallest absolute Gasteiger partial charge is 0.171 e. The number of hydrogen-bond acceptors (Lipinski definition) is 4. The van der Waals surface area contributed by atoms with Gasteiger partial charge in [0.15, 0.2) is 14.3 Å². The Balaban J connectivity index is 1.23. The second-order valence-electron chi connectivity index (χ2n) is 14.5. The van der Waals surface area contributed by atoms with Crippen LogP contribution in [0.1, 0.15) is 0 Å². The third kappa shape index (κ3) is 5.10. The van der Waals surface area contributed by atoms with Gasteiger partial charge in [-0.3, -0.25) is 9.38 Å². The van der Waals surface area contributed by atoms with Gasteiger partial charge in [0.1, 0.15) is 5.65 Å². The number of rotatable bonds is 6. The van der Waals surface area contributed by atoms with E-state index in [0.717, 1.165) is 81.1 Å². The van der Waals surface area contributed by atoms with Crippen molar-refractivity contribution in [1.82, 2.24) is 14.4 Å². The number of nitrogens with zero attached hydrogens (tertiary/aromatic N) is 3. The lowest BCUT2D eigenvalue weighted by Gasteiger charge is -2.21. The quantitative estimate of drug-likeness (QED) is 0.125. The Morgan fingerprint density at radius 2 is 0.930 bits per heavy atom. The van der Waals surface area contributed by atoms with E-state index >= 15 is 9.13 Å². The lowest BCUT2D eigenvalue weighted by molar-refractivity contribution is 0.591. The summed E-state index contributed by atoms with van der Waals surface area (Å²) < 4.78 is 33.7.